The van der Waals surface area contributed by atoms with E-state index in [2.05, 4.69) is 4.90 Å². The number of nitrogens with two attached hydrogens (primary N) is 1. The topological polar surface area (TPSA) is 68.5 Å². The van der Waals surface area contributed by atoms with Gasteiger partial charge in [-0.15, -0.1) is 0 Å². The van der Waals surface area contributed by atoms with E-state index in [1.165, 1.54) is 0 Å². The third-order valence-electron chi connectivity index (χ3n) is 4.84. The van der Waals surface area contributed by atoms with Crippen LogP contribution in [0.3, 0.4) is 0 Å². The second kappa shape index (κ2) is 7.23. The van der Waals surface area contributed by atoms with Gasteiger partial charge in [0.25, 0.3) is 0 Å². The van der Waals surface area contributed by atoms with E-state index in [9.17, 15) is 4.79 Å². The van der Waals surface area contributed by atoms with Crippen molar-refractivity contribution in [2.24, 2.45) is 0 Å². The van der Waals surface area contributed by atoms with Crippen molar-refractivity contribution in [1.82, 2.24) is 9.88 Å². The number of nitrogens with zero attached hydrogens (tertiary/aromatic N) is 2. The molecule has 4 rings (SSSR count). The maximum absolute atomic E-state index is 12.0. The van der Waals surface area contributed by atoms with E-state index < -0.39 is 0 Å². The van der Waals surface area contributed by atoms with E-state index in [1.54, 1.807) is 0 Å². The van der Waals surface area contributed by atoms with Crippen LogP contribution >= 0.6 is 0 Å². The molecule has 5 heteroatoms. The Labute approximate surface area is 152 Å². The van der Waals surface area contributed by atoms with Crippen LogP contribution in [-0.4, -0.2) is 42.5 Å². The molecule has 0 spiro atoms. The molecule has 1 saturated heterocycles. The predicted molar refractivity (Wildman–Crippen MR) is 103 cm³/mol. The number of aldehydes is 1. The lowest BCUT2D eigenvalue weighted by Crippen LogP contribution is -2.39. The quantitative estimate of drug-likeness (QED) is 0.580. The standard InChI is InChI=1S/C21H21N3O2/c22-16-7-5-15(6-8-16)20-13-18(17-3-1-2-4-19(17)23-20)21(14-25)24-9-11-26-12-10-24/h1-8,13-14,21H,9-12,22H2/t21-/m1/s1. The van der Waals surface area contributed by atoms with Crippen LogP contribution in [-0.2, 0) is 9.53 Å². The van der Waals surface area contributed by atoms with Gasteiger partial charge in [0.2, 0.25) is 0 Å². The second-order valence-corrected chi connectivity index (χ2v) is 6.47. The highest BCUT2D eigenvalue weighted by Crippen LogP contribution is 2.31. The Morgan fingerprint density at radius 3 is 2.54 bits per heavy atom. The van der Waals surface area contributed by atoms with Crippen LogP contribution in [0.2, 0.25) is 0 Å². The van der Waals surface area contributed by atoms with Crippen molar-refractivity contribution < 1.29 is 9.53 Å². The van der Waals surface area contributed by atoms with Crippen LogP contribution < -0.4 is 5.73 Å². The van der Waals surface area contributed by atoms with E-state index in [0.717, 1.165) is 47.1 Å². The lowest BCUT2D eigenvalue weighted by molar-refractivity contribution is -0.114. The zero-order valence-corrected chi connectivity index (χ0v) is 14.5. The van der Waals surface area contributed by atoms with Crippen LogP contribution in [0.5, 0.6) is 0 Å². The van der Waals surface area contributed by atoms with Gasteiger partial charge in [-0.3, -0.25) is 4.90 Å². The van der Waals surface area contributed by atoms with Crippen molar-refractivity contribution in [2.45, 2.75) is 6.04 Å². The van der Waals surface area contributed by atoms with Gasteiger partial charge in [-0.2, -0.15) is 0 Å². The van der Waals surface area contributed by atoms with Gasteiger partial charge >= 0.3 is 0 Å². The number of ether oxygens (including phenoxy) is 1. The number of rotatable bonds is 4. The van der Waals surface area contributed by atoms with Crippen molar-refractivity contribution in [2.75, 3.05) is 32.0 Å². The summed E-state index contributed by atoms with van der Waals surface area (Å²) in [6.45, 7) is 2.80. The lowest BCUT2D eigenvalue weighted by Gasteiger charge is -2.32. The largest absolute Gasteiger partial charge is 0.399 e. The van der Waals surface area contributed by atoms with Crippen LogP contribution in [0.15, 0.2) is 54.6 Å². The smallest absolute Gasteiger partial charge is 0.141 e. The number of anilines is 1. The summed E-state index contributed by atoms with van der Waals surface area (Å²) in [5, 5.41) is 1.01. The Morgan fingerprint density at radius 1 is 1.08 bits per heavy atom. The van der Waals surface area contributed by atoms with Gasteiger partial charge in [0.1, 0.15) is 6.29 Å². The SMILES string of the molecule is Nc1ccc(-c2cc([C@@H](C=O)N3CCOCC3)c3ccccc3n2)cc1. The molecule has 0 amide bonds. The summed E-state index contributed by atoms with van der Waals surface area (Å²) in [5.74, 6) is 0. The molecule has 1 aromatic heterocycles. The number of benzene rings is 2. The molecular weight excluding hydrogens is 326 g/mol. The van der Waals surface area contributed by atoms with E-state index in [-0.39, 0.29) is 6.04 Å². The first kappa shape index (κ1) is 16.7. The Bertz CT molecular complexity index is 918. The molecule has 2 aromatic carbocycles. The van der Waals surface area contributed by atoms with Crippen LogP contribution in [0.4, 0.5) is 5.69 Å². The zero-order valence-electron chi connectivity index (χ0n) is 14.5. The summed E-state index contributed by atoms with van der Waals surface area (Å²) in [7, 11) is 0. The van der Waals surface area contributed by atoms with Crippen LogP contribution in [0.25, 0.3) is 22.2 Å². The van der Waals surface area contributed by atoms with Crippen molar-refractivity contribution in [3.8, 4) is 11.3 Å². The molecule has 5 nitrogen and oxygen atoms in total. The average molecular weight is 347 g/mol. The predicted octanol–water partition coefficient (Wildman–Crippen LogP) is 3.06. The number of carbonyl (C=O) groups excluding carboxylic acids is 1. The minimum Gasteiger partial charge on any atom is -0.399 e. The number of pyridine rings is 1. The van der Waals surface area contributed by atoms with Gasteiger partial charge < -0.3 is 15.3 Å². The minimum absolute atomic E-state index is 0.306. The first-order chi connectivity index (χ1) is 12.8. The molecule has 1 atom stereocenters. The van der Waals surface area contributed by atoms with Crippen molar-refractivity contribution in [3.63, 3.8) is 0 Å². The fourth-order valence-electron chi connectivity index (χ4n) is 3.46. The van der Waals surface area contributed by atoms with Gasteiger partial charge in [0.05, 0.1) is 30.5 Å². The number of carbonyl (C=O) groups is 1. The number of hydrogen-bond acceptors (Lipinski definition) is 5. The van der Waals surface area contributed by atoms with Gasteiger partial charge in [0.15, 0.2) is 0 Å². The summed E-state index contributed by atoms with van der Waals surface area (Å²) in [5.41, 5.74) is 10.2. The molecule has 1 aliphatic heterocycles. The Morgan fingerprint density at radius 2 is 1.81 bits per heavy atom. The summed E-state index contributed by atoms with van der Waals surface area (Å²) < 4.78 is 5.44. The molecule has 2 heterocycles. The zero-order chi connectivity index (χ0) is 17.9. The van der Waals surface area contributed by atoms with E-state index in [0.29, 0.717) is 18.9 Å². The highest BCUT2D eigenvalue weighted by molar-refractivity contribution is 5.88. The number of para-hydroxylation sites is 1. The molecule has 26 heavy (non-hydrogen) atoms. The molecule has 0 saturated carbocycles. The highest BCUT2D eigenvalue weighted by Gasteiger charge is 2.24. The normalized spacial score (nSPS) is 16.5. The van der Waals surface area contributed by atoms with Gasteiger partial charge in [0, 0.05) is 29.7 Å². The van der Waals surface area contributed by atoms with Crippen LogP contribution in [0.1, 0.15) is 11.6 Å². The Balaban J connectivity index is 1.86. The number of nitrogen functional groups attached to an aromatic ring is 1. The molecule has 1 aliphatic rings. The number of aromatic nitrogens is 1. The third kappa shape index (κ3) is 3.19. The first-order valence-corrected chi connectivity index (χ1v) is 8.79. The molecule has 132 valence electrons. The third-order valence-corrected chi connectivity index (χ3v) is 4.84. The average Bonchev–Trinajstić information content (AvgIpc) is 2.70. The monoisotopic (exact) mass is 347 g/mol. The summed E-state index contributed by atoms with van der Waals surface area (Å²) in [4.78, 5) is 19.0. The Hall–Kier alpha value is -2.76. The molecule has 2 N–H and O–H groups in total. The molecular formula is C21H21N3O2. The molecule has 1 fully saturated rings. The summed E-state index contributed by atoms with van der Waals surface area (Å²) in [6, 6.07) is 17.3. The van der Waals surface area contributed by atoms with Crippen LogP contribution in [0, 0.1) is 0 Å². The number of hydrogen-bond donors (Lipinski definition) is 1. The lowest BCUT2D eigenvalue weighted by atomic mass is 9.98. The van der Waals surface area contributed by atoms with E-state index >= 15 is 0 Å². The maximum atomic E-state index is 12.0. The van der Waals surface area contributed by atoms with Crippen molar-refractivity contribution >= 4 is 22.9 Å². The maximum Gasteiger partial charge on any atom is 0.141 e. The number of fused-ring (bicyclic) bond motifs is 1. The number of morpholine rings is 1. The van der Waals surface area contributed by atoms with Crippen molar-refractivity contribution in [1.29, 1.82) is 0 Å². The van der Waals surface area contributed by atoms with Gasteiger partial charge in [-0.05, 0) is 29.8 Å². The van der Waals surface area contributed by atoms with E-state index in [1.807, 2.05) is 54.6 Å². The Kier molecular flexibility index (Phi) is 4.65. The molecule has 0 unspecified atom stereocenters. The molecule has 3 aromatic rings. The van der Waals surface area contributed by atoms with E-state index in [4.69, 9.17) is 15.5 Å². The first-order valence-electron chi connectivity index (χ1n) is 8.79. The van der Waals surface area contributed by atoms with Gasteiger partial charge in [-0.1, -0.05) is 30.3 Å². The second-order valence-electron chi connectivity index (χ2n) is 6.47. The fraction of sp³-hybridized carbons (Fsp3) is 0.238. The highest BCUT2D eigenvalue weighted by atomic mass is 16.5. The van der Waals surface area contributed by atoms with Crippen molar-refractivity contribution in [3.05, 3.63) is 60.2 Å². The summed E-state index contributed by atoms with van der Waals surface area (Å²) >= 11 is 0. The minimum atomic E-state index is -0.306. The molecule has 0 aliphatic carbocycles. The summed E-state index contributed by atoms with van der Waals surface area (Å²) in [6.07, 6.45) is 1.03. The van der Waals surface area contributed by atoms with Gasteiger partial charge in [-0.25, -0.2) is 4.98 Å². The molecule has 0 radical (unpaired) electrons. The fourth-order valence-corrected chi connectivity index (χ4v) is 3.46. The molecule has 0 bridgehead atoms.